The highest BCUT2D eigenvalue weighted by atomic mass is 32.2. The van der Waals surface area contributed by atoms with Crippen molar-refractivity contribution in [2.45, 2.75) is 49.2 Å². The van der Waals surface area contributed by atoms with Gasteiger partial charge in [-0.3, -0.25) is 14.4 Å². The lowest BCUT2D eigenvalue weighted by Crippen LogP contribution is -2.39. The molecule has 0 spiro atoms. The summed E-state index contributed by atoms with van der Waals surface area (Å²) in [6, 6.07) is 12.3. The molecule has 0 saturated carbocycles. The number of hydrogen-bond donors (Lipinski definition) is 1. The number of anilines is 1. The van der Waals surface area contributed by atoms with Crippen LogP contribution in [0.5, 0.6) is 0 Å². The third-order valence-corrected chi connectivity index (χ3v) is 6.25. The number of nitrogens with one attached hydrogen (secondary N) is 1. The zero-order valence-electron chi connectivity index (χ0n) is 18.0. The molecule has 2 aromatic rings. The monoisotopic (exact) mass is 480 g/mol. The number of carbonyl (C=O) groups is 3. The number of alkyl halides is 3. The molecule has 0 fully saturated rings. The van der Waals surface area contributed by atoms with Crippen molar-refractivity contribution in [3.8, 4) is 0 Å². The van der Waals surface area contributed by atoms with Crippen molar-refractivity contribution < 1.29 is 32.3 Å². The highest BCUT2D eigenvalue weighted by molar-refractivity contribution is 8.01. The number of amides is 2. The number of halogens is 3. The summed E-state index contributed by atoms with van der Waals surface area (Å²) < 4.78 is 43.7. The summed E-state index contributed by atoms with van der Waals surface area (Å²) in [7, 11) is 0. The Morgan fingerprint density at radius 3 is 2.48 bits per heavy atom. The van der Waals surface area contributed by atoms with Gasteiger partial charge < -0.3 is 15.0 Å². The van der Waals surface area contributed by atoms with E-state index in [1.54, 1.807) is 4.90 Å². The van der Waals surface area contributed by atoms with Crippen molar-refractivity contribution in [1.82, 2.24) is 4.90 Å². The zero-order valence-corrected chi connectivity index (χ0v) is 18.8. The molecule has 10 heteroatoms. The minimum atomic E-state index is -4.53. The zero-order chi connectivity index (χ0) is 24.2. The van der Waals surface area contributed by atoms with Gasteiger partial charge in [0.15, 0.2) is 6.61 Å². The van der Waals surface area contributed by atoms with Crippen molar-refractivity contribution >= 4 is 35.2 Å². The molecule has 0 aromatic heterocycles. The first-order valence-electron chi connectivity index (χ1n) is 10.2. The molecule has 1 atom stereocenters. The molecule has 3 rings (SSSR count). The van der Waals surface area contributed by atoms with Crippen molar-refractivity contribution in [1.29, 1.82) is 0 Å². The third kappa shape index (κ3) is 6.50. The van der Waals surface area contributed by atoms with Crippen LogP contribution in [0.3, 0.4) is 0 Å². The van der Waals surface area contributed by atoms with E-state index >= 15 is 0 Å². The largest absolute Gasteiger partial charge is 0.456 e. The highest BCUT2D eigenvalue weighted by Gasteiger charge is 2.34. The van der Waals surface area contributed by atoms with E-state index in [0.29, 0.717) is 11.4 Å². The number of rotatable bonds is 7. The fourth-order valence-electron chi connectivity index (χ4n) is 3.24. The Balaban J connectivity index is 1.56. The van der Waals surface area contributed by atoms with Crippen LogP contribution in [0, 0.1) is 0 Å². The van der Waals surface area contributed by atoms with Crippen LogP contribution in [0.15, 0.2) is 53.4 Å². The summed E-state index contributed by atoms with van der Waals surface area (Å²) in [5.41, 5.74) is 0.116. The molecule has 176 valence electrons. The molecule has 33 heavy (non-hydrogen) atoms. The lowest BCUT2D eigenvalue weighted by Gasteiger charge is -2.27. The summed E-state index contributed by atoms with van der Waals surface area (Å²) in [6.45, 7) is 3.61. The molecule has 6 nitrogen and oxygen atoms in total. The number of carbonyl (C=O) groups excluding carboxylic acids is 3. The van der Waals surface area contributed by atoms with Gasteiger partial charge in [-0.15, -0.1) is 11.8 Å². The SMILES string of the molecule is CC(C)N(Cc1ccccc1)C(=O)COC(=O)CC1Sc2ccc(C(F)(F)F)cc2NC1=O. The number of esters is 1. The molecular weight excluding hydrogens is 457 g/mol. The maximum Gasteiger partial charge on any atom is 0.416 e. The van der Waals surface area contributed by atoms with E-state index in [2.05, 4.69) is 5.32 Å². The first-order chi connectivity index (χ1) is 15.5. The number of hydrogen-bond acceptors (Lipinski definition) is 5. The number of nitrogens with zero attached hydrogens (tertiary/aromatic N) is 1. The smallest absolute Gasteiger partial charge is 0.416 e. The Hall–Kier alpha value is -3.01. The van der Waals surface area contributed by atoms with Gasteiger partial charge in [-0.25, -0.2) is 0 Å². The topological polar surface area (TPSA) is 75.7 Å². The van der Waals surface area contributed by atoms with Gasteiger partial charge in [0.2, 0.25) is 5.91 Å². The second kappa shape index (κ2) is 10.3. The van der Waals surface area contributed by atoms with E-state index < -0.39 is 35.5 Å². The molecule has 0 bridgehead atoms. The van der Waals surface area contributed by atoms with E-state index in [1.165, 1.54) is 6.07 Å². The molecular formula is C23H23F3N2O4S. The number of fused-ring (bicyclic) bond motifs is 1. The van der Waals surface area contributed by atoms with Crippen LogP contribution in [0.25, 0.3) is 0 Å². The predicted molar refractivity (Wildman–Crippen MR) is 117 cm³/mol. The highest BCUT2D eigenvalue weighted by Crippen LogP contribution is 2.40. The first kappa shape index (κ1) is 24.6. The molecule has 0 radical (unpaired) electrons. The molecule has 1 unspecified atom stereocenters. The fraction of sp³-hybridized carbons (Fsp3) is 0.348. The average molecular weight is 481 g/mol. The number of ether oxygens (including phenoxy) is 1. The molecule has 0 saturated heterocycles. The summed E-state index contributed by atoms with van der Waals surface area (Å²) in [4.78, 5) is 39.2. The Morgan fingerprint density at radius 2 is 1.85 bits per heavy atom. The van der Waals surface area contributed by atoms with Gasteiger partial charge >= 0.3 is 12.1 Å². The van der Waals surface area contributed by atoms with Gasteiger partial charge in [-0.2, -0.15) is 13.2 Å². The van der Waals surface area contributed by atoms with Crippen LogP contribution in [-0.4, -0.2) is 40.6 Å². The van der Waals surface area contributed by atoms with Crippen LogP contribution in [0.2, 0.25) is 0 Å². The lowest BCUT2D eigenvalue weighted by atomic mass is 10.1. The molecule has 1 heterocycles. The lowest BCUT2D eigenvalue weighted by molar-refractivity contribution is -0.153. The van der Waals surface area contributed by atoms with Crippen molar-refractivity contribution in [3.63, 3.8) is 0 Å². The van der Waals surface area contributed by atoms with E-state index in [1.807, 2.05) is 44.2 Å². The van der Waals surface area contributed by atoms with Crippen LogP contribution in [0.4, 0.5) is 18.9 Å². The molecule has 2 aromatic carbocycles. The Labute approximate surface area is 193 Å². The van der Waals surface area contributed by atoms with Crippen LogP contribution >= 0.6 is 11.8 Å². The van der Waals surface area contributed by atoms with Crippen LogP contribution in [-0.2, 0) is 31.8 Å². The summed E-state index contributed by atoms with van der Waals surface area (Å²) in [6.07, 6.45) is -4.84. The second-order valence-electron chi connectivity index (χ2n) is 7.77. The van der Waals surface area contributed by atoms with E-state index in [4.69, 9.17) is 4.74 Å². The molecule has 1 aliphatic rings. The van der Waals surface area contributed by atoms with Crippen molar-refractivity contribution in [3.05, 3.63) is 59.7 Å². The van der Waals surface area contributed by atoms with Crippen LogP contribution < -0.4 is 5.32 Å². The number of benzene rings is 2. The molecule has 2 amide bonds. The fourth-order valence-corrected chi connectivity index (χ4v) is 4.31. The van der Waals surface area contributed by atoms with Gasteiger partial charge in [0.25, 0.3) is 5.91 Å². The van der Waals surface area contributed by atoms with E-state index in [-0.39, 0.29) is 24.1 Å². The van der Waals surface area contributed by atoms with Crippen LogP contribution in [0.1, 0.15) is 31.4 Å². The summed E-state index contributed by atoms with van der Waals surface area (Å²) >= 11 is 0.984. The summed E-state index contributed by atoms with van der Waals surface area (Å²) in [5, 5.41) is 1.54. The maximum absolute atomic E-state index is 12.9. The molecule has 1 aliphatic heterocycles. The third-order valence-electron chi connectivity index (χ3n) is 4.97. The van der Waals surface area contributed by atoms with Crippen molar-refractivity contribution in [2.75, 3.05) is 11.9 Å². The second-order valence-corrected chi connectivity index (χ2v) is 9.01. The number of thioether (sulfide) groups is 1. The van der Waals surface area contributed by atoms with Gasteiger partial charge in [-0.05, 0) is 37.6 Å². The maximum atomic E-state index is 12.9. The van der Waals surface area contributed by atoms with Gasteiger partial charge in [0.05, 0.1) is 22.9 Å². The Kier molecular flexibility index (Phi) is 7.68. The standard InChI is InChI=1S/C23H23F3N2O4S/c1-14(2)28(12-15-6-4-3-5-7-15)20(29)13-32-21(30)11-19-22(31)27-17-10-16(23(24,25)26)8-9-18(17)33-19/h3-10,14,19H,11-13H2,1-2H3,(H,27,31). The Morgan fingerprint density at radius 1 is 1.15 bits per heavy atom. The minimum Gasteiger partial charge on any atom is -0.456 e. The molecule has 0 aliphatic carbocycles. The van der Waals surface area contributed by atoms with E-state index in [0.717, 1.165) is 29.5 Å². The van der Waals surface area contributed by atoms with Gasteiger partial charge in [-0.1, -0.05) is 30.3 Å². The average Bonchev–Trinajstić information content (AvgIpc) is 2.76. The first-order valence-corrected chi connectivity index (χ1v) is 11.1. The van der Waals surface area contributed by atoms with Gasteiger partial charge in [0.1, 0.15) is 0 Å². The minimum absolute atomic E-state index is 0.0492. The quantitative estimate of drug-likeness (QED) is 0.591. The molecule has 1 N–H and O–H groups in total. The summed E-state index contributed by atoms with van der Waals surface area (Å²) in [5.74, 6) is -1.70. The van der Waals surface area contributed by atoms with E-state index in [9.17, 15) is 27.6 Å². The Bertz CT molecular complexity index is 1030. The normalized spacial score (nSPS) is 15.6. The van der Waals surface area contributed by atoms with Crippen molar-refractivity contribution in [2.24, 2.45) is 0 Å². The predicted octanol–water partition coefficient (Wildman–Crippen LogP) is 4.49. The van der Waals surface area contributed by atoms with Gasteiger partial charge in [0, 0.05) is 17.5 Å².